The normalized spacial score (nSPS) is 15.2. The Bertz CT molecular complexity index is 885. The maximum Gasteiger partial charge on any atom is 0.499 e. The highest BCUT2D eigenvalue weighted by Gasteiger charge is 2.32. The molecule has 4 N–H and O–H groups in total. The van der Waals surface area contributed by atoms with Gasteiger partial charge in [0, 0.05) is 6.42 Å². The van der Waals surface area contributed by atoms with Crippen molar-refractivity contribution in [3.05, 3.63) is 12.2 Å². The average molecular weight is 764 g/mol. The number of nitrogens with zero attached hydrogens (tertiary/aromatic N) is 1. The third-order valence-corrected chi connectivity index (χ3v) is 10.4. The van der Waals surface area contributed by atoms with Crippen LogP contribution in [0, 0.1) is 0 Å². The zero-order chi connectivity index (χ0) is 38.8. The Morgan fingerprint density at radius 1 is 0.673 bits per heavy atom. The Kier molecular flexibility index (Phi) is 34.1. The summed E-state index contributed by atoms with van der Waals surface area (Å²) in [6.07, 6.45) is 33.4. The van der Waals surface area contributed by atoms with Gasteiger partial charge in [-0.2, -0.15) is 4.89 Å². The fraction of sp³-hybridized carbons (Fsp3) is 0.927. The van der Waals surface area contributed by atoms with Gasteiger partial charge in [0.2, 0.25) is 12.2 Å². The van der Waals surface area contributed by atoms with Crippen molar-refractivity contribution in [1.29, 1.82) is 0 Å². The minimum Gasteiger partial charge on any atom is -0.387 e. The van der Waals surface area contributed by atoms with E-state index in [4.69, 9.17) is 9.41 Å². The number of amides is 1. The van der Waals surface area contributed by atoms with Gasteiger partial charge in [0.15, 0.2) is 0 Å². The molecule has 0 saturated heterocycles. The van der Waals surface area contributed by atoms with Gasteiger partial charge in [-0.3, -0.25) is 9.32 Å². The van der Waals surface area contributed by atoms with E-state index in [-0.39, 0.29) is 18.9 Å². The highest BCUT2D eigenvalue weighted by Crippen LogP contribution is 2.43. The molecule has 1 amide bonds. The van der Waals surface area contributed by atoms with E-state index in [2.05, 4.69) is 23.8 Å². The number of allylic oxidation sites excluding steroid dienone is 1. The minimum absolute atomic E-state index is 0.0689. The maximum absolute atomic E-state index is 12.8. The molecule has 4 atom stereocenters. The number of quaternary nitrogens is 1. The number of hydrogen-bond donors (Lipinski definition) is 4. The molecule has 0 bridgehead atoms. The van der Waals surface area contributed by atoms with Gasteiger partial charge in [-0.25, -0.2) is 4.57 Å². The number of aliphatic hydroxyl groups is 2. The van der Waals surface area contributed by atoms with Crippen molar-refractivity contribution in [1.82, 2.24) is 5.32 Å². The van der Waals surface area contributed by atoms with Crippen LogP contribution in [0.1, 0.15) is 194 Å². The molecule has 0 aromatic heterocycles. The molecule has 0 radical (unpaired) electrons. The average Bonchev–Trinajstić information content (AvgIpc) is 3.09. The predicted molar refractivity (Wildman–Crippen MR) is 215 cm³/mol. The highest BCUT2D eigenvalue weighted by atomic mass is 31.2. The van der Waals surface area contributed by atoms with Crippen LogP contribution in [0.15, 0.2) is 12.2 Å². The van der Waals surface area contributed by atoms with Crippen LogP contribution in [0.3, 0.4) is 0 Å². The molecule has 11 heteroatoms. The van der Waals surface area contributed by atoms with Gasteiger partial charge in [-0.05, 0) is 19.3 Å². The second-order valence-corrected chi connectivity index (χ2v) is 17.3. The lowest BCUT2D eigenvalue weighted by atomic mass is 10.0. The number of unbranched alkanes of at least 4 members (excludes halogenated alkanes) is 25. The Hall–Kier alpha value is -0.840. The zero-order valence-corrected chi connectivity index (χ0v) is 35.3. The summed E-state index contributed by atoms with van der Waals surface area (Å²) in [5.74, 6) is -0.341. The monoisotopic (exact) mass is 764 g/mol. The summed E-state index contributed by atoms with van der Waals surface area (Å²) in [5.41, 5.74) is 0. The smallest absolute Gasteiger partial charge is 0.387 e. The number of likely N-dealkylation sites (N-methyl/N-ethyl adjacent to an activating group) is 1. The van der Waals surface area contributed by atoms with Crippen LogP contribution >= 0.6 is 7.82 Å². The SMILES string of the molecule is CCCCCCCCCCCCC/C=C/[C@@H](O)[C@H](NC(=O)CCCCCCCCCCCCCCCCC)C(O)OOP(=O)(O)OCC[N+](C)(C)C. The van der Waals surface area contributed by atoms with Gasteiger partial charge in [0.25, 0.3) is 0 Å². The van der Waals surface area contributed by atoms with E-state index >= 15 is 0 Å². The standard InChI is InChI=1S/C41H83N2O8P/c1-6-8-10-12-14-16-18-20-21-23-25-27-29-31-33-35-39(45)42-40(41(46)50-51-52(47,48)49-37-36-43(3,4)5)38(44)34-32-30-28-26-24-22-19-17-15-13-11-9-7-2/h32,34,38,40-41,44,46H,6-31,33,35-37H2,1-5H3,(H-,42,45,47,48)/p+1/b34-32+/t38-,40+,41?/m1/s1. The number of nitrogens with one attached hydrogen (secondary N) is 1. The maximum atomic E-state index is 12.8. The van der Waals surface area contributed by atoms with E-state index in [1.165, 1.54) is 134 Å². The first-order valence-corrected chi connectivity index (χ1v) is 22.9. The molecule has 52 heavy (non-hydrogen) atoms. The molecule has 0 aliphatic rings. The van der Waals surface area contributed by atoms with Gasteiger partial charge in [-0.1, -0.05) is 180 Å². The fourth-order valence-corrected chi connectivity index (χ4v) is 6.68. The minimum atomic E-state index is -4.64. The van der Waals surface area contributed by atoms with Crippen molar-refractivity contribution in [3.63, 3.8) is 0 Å². The van der Waals surface area contributed by atoms with E-state index in [1.54, 1.807) is 0 Å². The van der Waals surface area contributed by atoms with Crippen LogP contribution in [0.4, 0.5) is 0 Å². The fourth-order valence-electron chi connectivity index (χ4n) is 6.13. The molecular formula is C41H84N2O8P+. The first-order chi connectivity index (χ1) is 24.9. The first kappa shape index (κ1) is 51.2. The van der Waals surface area contributed by atoms with Crippen LogP contribution < -0.4 is 5.32 Å². The van der Waals surface area contributed by atoms with E-state index in [1.807, 2.05) is 27.2 Å². The van der Waals surface area contributed by atoms with Gasteiger partial charge >= 0.3 is 7.82 Å². The number of aliphatic hydroxyl groups excluding tert-OH is 2. The molecule has 0 rings (SSSR count). The number of phosphoric ester groups is 1. The van der Waals surface area contributed by atoms with Crippen molar-refractivity contribution >= 4 is 13.7 Å². The summed E-state index contributed by atoms with van der Waals surface area (Å²) in [5, 5.41) is 24.3. The molecule has 10 nitrogen and oxygen atoms in total. The number of hydrogen-bond acceptors (Lipinski definition) is 7. The Morgan fingerprint density at radius 2 is 1.08 bits per heavy atom. The van der Waals surface area contributed by atoms with E-state index in [0.29, 0.717) is 17.4 Å². The highest BCUT2D eigenvalue weighted by molar-refractivity contribution is 7.47. The topological polar surface area (TPSA) is 135 Å². The van der Waals surface area contributed by atoms with Gasteiger partial charge in [0.1, 0.15) is 19.2 Å². The summed E-state index contributed by atoms with van der Waals surface area (Å²) in [6.45, 7) is 4.87. The summed E-state index contributed by atoms with van der Waals surface area (Å²) in [4.78, 5) is 27.7. The van der Waals surface area contributed by atoms with Crippen molar-refractivity contribution in [3.8, 4) is 0 Å². The summed E-state index contributed by atoms with van der Waals surface area (Å²) in [6, 6.07) is -1.30. The van der Waals surface area contributed by atoms with Gasteiger partial charge < -0.3 is 24.9 Å². The van der Waals surface area contributed by atoms with E-state index in [0.717, 1.165) is 38.5 Å². The molecule has 0 aliphatic carbocycles. The lowest BCUT2D eigenvalue weighted by Crippen LogP contribution is -2.51. The van der Waals surface area contributed by atoms with Gasteiger partial charge in [-0.15, -0.1) is 4.67 Å². The quantitative estimate of drug-likeness (QED) is 0.00925. The van der Waals surface area contributed by atoms with Crippen LogP contribution in [0.25, 0.3) is 0 Å². The summed E-state index contributed by atoms with van der Waals surface area (Å²) in [7, 11) is 1.09. The lowest BCUT2D eigenvalue weighted by molar-refractivity contribution is -0.870. The second kappa shape index (κ2) is 34.6. The second-order valence-electron chi connectivity index (χ2n) is 15.9. The van der Waals surface area contributed by atoms with Crippen molar-refractivity contribution in [2.24, 2.45) is 0 Å². The molecule has 0 fully saturated rings. The molecular weight excluding hydrogens is 679 g/mol. The van der Waals surface area contributed by atoms with Gasteiger partial charge in [0.05, 0.1) is 27.2 Å². The molecule has 0 aliphatic heterocycles. The van der Waals surface area contributed by atoms with Crippen molar-refractivity contribution in [2.75, 3.05) is 34.3 Å². The van der Waals surface area contributed by atoms with Crippen LogP contribution in [-0.2, 0) is 23.4 Å². The third kappa shape index (κ3) is 34.9. The molecule has 0 aromatic rings. The van der Waals surface area contributed by atoms with E-state index < -0.39 is 26.3 Å². The van der Waals surface area contributed by atoms with Crippen LogP contribution in [-0.4, -0.2) is 78.2 Å². The van der Waals surface area contributed by atoms with Crippen molar-refractivity contribution < 1.29 is 43.0 Å². The number of rotatable bonds is 39. The number of carbonyl (C=O) groups is 1. The predicted octanol–water partition coefficient (Wildman–Crippen LogP) is 10.4. The Morgan fingerprint density at radius 3 is 1.50 bits per heavy atom. The first-order valence-electron chi connectivity index (χ1n) is 21.4. The summed E-state index contributed by atoms with van der Waals surface area (Å²) >= 11 is 0. The van der Waals surface area contributed by atoms with Crippen LogP contribution in [0.5, 0.6) is 0 Å². The number of phosphoric acid groups is 1. The molecule has 310 valence electrons. The third-order valence-electron chi connectivity index (χ3n) is 9.57. The largest absolute Gasteiger partial charge is 0.499 e. The molecule has 2 unspecified atom stereocenters. The number of carbonyl (C=O) groups excluding carboxylic acids is 1. The molecule has 0 saturated carbocycles. The van der Waals surface area contributed by atoms with E-state index in [9.17, 15) is 24.5 Å². The van der Waals surface area contributed by atoms with Crippen LogP contribution in [0.2, 0.25) is 0 Å². The Balaban J connectivity index is 4.59. The summed E-state index contributed by atoms with van der Waals surface area (Å²) < 4.78 is 22.3. The van der Waals surface area contributed by atoms with Crippen molar-refractivity contribution in [2.45, 2.75) is 212 Å². The zero-order valence-electron chi connectivity index (χ0n) is 34.4. The lowest BCUT2D eigenvalue weighted by Gasteiger charge is -2.27. The molecule has 0 heterocycles. The molecule has 0 spiro atoms. The Labute approximate surface area is 320 Å². The molecule has 0 aromatic carbocycles.